The van der Waals surface area contributed by atoms with Crippen LogP contribution < -0.4 is 15.0 Å². The molecular weight excluding hydrogens is 643 g/mol. The molecule has 1 N–H and O–H groups in total. The predicted molar refractivity (Wildman–Crippen MR) is 176 cm³/mol. The summed E-state index contributed by atoms with van der Waals surface area (Å²) in [6, 6.07) is 15.8. The highest BCUT2D eigenvalue weighted by molar-refractivity contribution is 6.31. The van der Waals surface area contributed by atoms with Gasteiger partial charge in [0, 0.05) is 45.9 Å². The van der Waals surface area contributed by atoms with E-state index in [9.17, 15) is 14.4 Å². The van der Waals surface area contributed by atoms with Crippen molar-refractivity contribution in [2.24, 2.45) is 5.92 Å². The van der Waals surface area contributed by atoms with E-state index in [1.807, 2.05) is 37.4 Å². The number of halogens is 2. The van der Waals surface area contributed by atoms with Crippen molar-refractivity contribution in [2.45, 2.75) is 38.3 Å². The second-order valence-electron chi connectivity index (χ2n) is 12.0. The molecule has 3 atom stereocenters. The number of hydrogen-bond donors (Lipinski definition) is 1. The van der Waals surface area contributed by atoms with Crippen molar-refractivity contribution in [2.75, 3.05) is 31.3 Å². The molecule has 47 heavy (non-hydrogen) atoms. The Morgan fingerprint density at radius 1 is 1.09 bits per heavy atom. The van der Waals surface area contributed by atoms with Crippen LogP contribution in [0, 0.1) is 12.8 Å². The van der Waals surface area contributed by atoms with Crippen LogP contribution in [0.15, 0.2) is 67.0 Å². The fraction of sp³-hybridized carbons (Fsp3) is 0.314. The Kier molecular flexibility index (Phi) is 8.55. The molecule has 0 spiro atoms. The quantitative estimate of drug-likeness (QED) is 0.162. The fourth-order valence-corrected chi connectivity index (χ4v) is 6.65. The fourth-order valence-electron chi connectivity index (χ4n) is 6.31. The average molecular weight is 676 g/mol. The van der Waals surface area contributed by atoms with Gasteiger partial charge in [-0.2, -0.15) is 5.10 Å². The maximum atomic E-state index is 13.3. The van der Waals surface area contributed by atoms with Crippen LogP contribution in [-0.4, -0.2) is 60.2 Å². The van der Waals surface area contributed by atoms with Gasteiger partial charge >= 0.3 is 12.1 Å². The predicted octanol–water partition coefficient (Wildman–Crippen LogP) is 6.40. The number of nitrogens with one attached hydrogen (secondary N) is 1. The first kappa shape index (κ1) is 31.1. The third kappa shape index (κ3) is 6.40. The minimum absolute atomic E-state index is 0.107. The molecule has 10 nitrogen and oxygen atoms in total. The van der Waals surface area contributed by atoms with E-state index in [-0.39, 0.29) is 19.1 Å². The summed E-state index contributed by atoms with van der Waals surface area (Å²) in [5.74, 6) is 0.609. The summed E-state index contributed by atoms with van der Waals surface area (Å²) < 4.78 is 18.2. The van der Waals surface area contributed by atoms with Crippen molar-refractivity contribution < 1.29 is 28.6 Å². The van der Waals surface area contributed by atoms with E-state index in [2.05, 4.69) is 16.5 Å². The standard InChI is InChI=1S/C35H32Cl2N4O6/c1-20-27(36)5-3-7-31(20)45-12-13-47-35(44)41-19-22-15-26(22)32-25(4-2-6-30(32)41)24-16-38-40(18-24)17-23-14-21(8-9-28(23)37)33(42)39-29-10-11-46-34(29)43/h2-9,14,16,18,22,26,29H,10-13,15,17,19H2,1H3,(H,39,42)/t22-,26-,29?/m0/s1. The van der Waals surface area contributed by atoms with Gasteiger partial charge in [-0.15, -0.1) is 0 Å². The number of amides is 2. The summed E-state index contributed by atoms with van der Waals surface area (Å²) in [7, 11) is 0. The topological polar surface area (TPSA) is 112 Å². The molecule has 1 saturated carbocycles. The number of carbonyl (C=O) groups excluding carboxylic acids is 3. The second-order valence-corrected chi connectivity index (χ2v) is 12.8. The molecule has 1 unspecified atom stereocenters. The van der Waals surface area contributed by atoms with Crippen LogP contribution in [0.2, 0.25) is 10.0 Å². The van der Waals surface area contributed by atoms with Crippen LogP contribution in [0.3, 0.4) is 0 Å². The van der Waals surface area contributed by atoms with Crippen LogP contribution in [0.1, 0.15) is 45.8 Å². The molecule has 2 amide bonds. The van der Waals surface area contributed by atoms with Crippen LogP contribution in [0.4, 0.5) is 10.5 Å². The number of carbonyl (C=O) groups is 3. The molecule has 3 heterocycles. The third-order valence-corrected chi connectivity index (χ3v) is 9.69. The highest BCUT2D eigenvalue weighted by Gasteiger charge is 2.48. The Morgan fingerprint density at radius 3 is 2.77 bits per heavy atom. The summed E-state index contributed by atoms with van der Waals surface area (Å²) in [5.41, 5.74) is 5.84. The summed E-state index contributed by atoms with van der Waals surface area (Å²) in [4.78, 5) is 39.6. The first-order valence-electron chi connectivity index (χ1n) is 15.5. The molecule has 4 aromatic rings. The molecule has 2 aliphatic heterocycles. The minimum Gasteiger partial charge on any atom is -0.490 e. The number of ether oxygens (including phenoxy) is 3. The number of nitrogens with zero attached hydrogens (tertiary/aromatic N) is 3. The van der Waals surface area contributed by atoms with Crippen molar-refractivity contribution in [1.82, 2.24) is 15.1 Å². The Balaban J connectivity index is 1.04. The zero-order valence-electron chi connectivity index (χ0n) is 25.6. The van der Waals surface area contributed by atoms with Gasteiger partial charge in [0.1, 0.15) is 25.0 Å². The number of esters is 1. The first-order valence-corrected chi connectivity index (χ1v) is 16.3. The van der Waals surface area contributed by atoms with Crippen LogP contribution in [-0.2, 0) is 20.8 Å². The van der Waals surface area contributed by atoms with Crippen molar-refractivity contribution in [1.29, 1.82) is 0 Å². The molecule has 0 radical (unpaired) electrons. The molecule has 1 aliphatic carbocycles. The average Bonchev–Trinajstić information content (AvgIpc) is 3.53. The Hall–Kier alpha value is -4.54. The minimum atomic E-state index is -0.644. The van der Waals surface area contributed by atoms with Gasteiger partial charge in [-0.3, -0.25) is 14.4 Å². The number of cyclic esters (lactones) is 1. The summed E-state index contributed by atoms with van der Waals surface area (Å²) >= 11 is 12.7. The highest BCUT2D eigenvalue weighted by Crippen LogP contribution is 2.57. The largest absolute Gasteiger partial charge is 0.490 e. The van der Waals surface area contributed by atoms with Gasteiger partial charge in [0.15, 0.2) is 0 Å². The third-order valence-electron chi connectivity index (χ3n) is 8.91. The number of aromatic nitrogens is 2. The maximum Gasteiger partial charge on any atom is 0.414 e. The molecular formula is C35H32Cl2N4O6. The lowest BCUT2D eigenvalue weighted by atomic mass is 9.93. The van der Waals surface area contributed by atoms with Gasteiger partial charge < -0.3 is 19.5 Å². The van der Waals surface area contributed by atoms with Crippen LogP contribution in [0.5, 0.6) is 5.75 Å². The van der Waals surface area contributed by atoms with Crippen LogP contribution in [0.25, 0.3) is 11.1 Å². The number of rotatable bonds is 9. The van der Waals surface area contributed by atoms with Crippen LogP contribution >= 0.6 is 23.2 Å². The van der Waals surface area contributed by atoms with Crippen molar-refractivity contribution in [3.63, 3.8) is 0 Å². The SMILES string of the molecule is Cc1c(Cl)cccc1OCCOC(=O)N1C[C@@H]2C[C@@H]2c2c(-c3cnn(Cc4cc(C(=O)NC5CCOC5=O)ccc4Cl)c3)cccc21. The monoisotopic (exact) mass is 674 g/mol. The van der Waals surface area contributed by atoms with E-state index < -0.39 is 18.1 Å². The maximum absolute atomic E-state index is 13.3. The zero-order valence-corrected chi connectivity index (χ0v) is 27.1. The van der Waals surface area contributed by atoms with Gasteiger partial charge in [0.25, 0.3) is 5.91 Å². The van der Waals surface area contributed by atoms with Gasteiger partial charge in [-0.05, 0) is 78.3 Å². The summed E-state index contributed by atoms with van der Waals surface area (Å²) in [5, 5.41) is 8.44. The summed E-state index contributed by atoms with van der Waals surface area (Å²) in [6.07, 6.45) is 4.79. The van der Waals surface area contributed by atoms with Crippen molar-refractivity contribution >= 4 is 46.9 Å². The van der Waals surface area contributed by atoms with Crippen molar-refractivity contribution in [3.05, 3.63) is 99.3 Å². The Bertz CT molecular complexity index is 1880. The van der Waals surface area contributed by atoms with E-state index in [0.717, 1.165) is 34.4 Å². The summed E-state index contributed by atoms with van der Waals surface area (Å²) in [6.45, 7) is 3.45. The normalized spacial score (nSPS) is 19.4. The highest BCUT2D eigenvalue weighted by atomic mass is 35.5. The molecule has 0 bridgehead atoms. The van der Waals surface area contributed by atoms with Gasteiger partial charge in [-0.1, -0.05) is 41.4 Å². The van der Waals surface area contributed by atoms with E-state index in [0.29, 0.717) is 64.9 Å². The van der Waals surface area contributed by atoms with E-state index >= 15 is 0 Å². The number of anilines is 1. The molecule has 12 heteroatoms. The number of fused-ring (bicyclic) bond motifs is 3. The molecule has 2 fully saturated rings. The lowest BCUT2D eigenvalue weighted by Gasteiger charge is -2.29. The van der Waals surface area contributed by atoms with Gasteiger partial charge in [0.05, 0.1) is 25.0 Å². The van der Waals surface area contributed by atoms with Gasteiger partial charge in [0.2, 0.25) is 0 Å². The lowest BCUT2D eigenvalue weighted by Crippen LogP contribution is -2.37. The molecule has 3 aromatic carbocycles. The Morgan fingerprint density at radius 2 is 1.94 bits per heavy atom. The van der Waals surface area contributed by atoms with Crippen molar-refractivity contribution in [3.8, 4) is 16.9 Å². The van der Waals surface area contributed by atoms with Gasteiger partial charge in [-0.25, -0.2) is 9.59 Å². The Labute approximate surface area is 281 Å². The van der Waals surface area contributed by atoms with E-state index in [1.54, 1.807) is 40.0 Å². The van der Waals surface area contributed by atoms with E-state index in [4.69, 9.17) is 37.4 Å². The molecule has 242 valence electrons. The second kappa shape index (κ2) is 12.9. The smallest absolute Gasteiger partial charge is 0.414 e. The number of benzene rings is 3. The molecule has 1 saturated heterocycles. The number of hydrogen-bond acceptors (Lipinski definition) is 7. The lowest BCUT2D eigenvalue weighted by molar-refractivity contribution is -0.139. The molecule has 7 rings (SSSR count). The molecule has 1 aromatic heterocycles. The molecule has 3 aliphatic rings. The first-order chi connectivity index (χ1) is 22.8. The zero-order chi connectivity index (χ0) is 32.7. The van der Waals surface area contributed by atoms with E-state index in [1.165, 1.54) is 0 Å².